The minimum atomic E-state index is -0.191. The van der Waals surface area contributed by atoms with E-state index in [1.165, 1.54) is 4.68 Å². The Labute approximate surface area is 164 Å². The van der Waals surface area contributed by atoms with Crippen molar-refractivity contribution < 1.29 is 14.3 Å². The number of carbonyl (C=O) groups is 2. The molecule has 4 rings (SSSR count). The van der Waals surface area contributed by atoms with Crippen LogP contribution in [-0.4, -0.2) is 75.4 Å². The third kappa shape index (κ3) is 3.99. The molecule has 1 atom stereocenters. The summed E-state index contributed by atoms with van der Waals surface area (Å²) >= 11 is 0. The molecule has 2 fully saturated rings. The zero-order valence-electron chi connectivity index (χ0n) is 16.3. The zero-order valence-corrected chi connectivity index (χ0v) is 16.3. The van der Waals surface area contributed by atoms with Crippen molar-refractivity contribution in [3.63, 3.8) is 0 Å². The van der Waals surface area contributed by atoms with Crippen molar-refractivity contribution >= 4 is 11.8 Å². The molecule has 0 saturated carbocycles. The molecule has 1 aromatic heterocycles. The molecule has 2 saturated heterocycles. The van der Waals surface area contributed by atoms with Crippen molar-refractivity contribution in [1.82, 2.24) is 24.1 Å². The quantitative estimate of drug-likeness (QED) is 0.716. The van der Waals surface area contributed by atoms with Crippen LogP contribution in [0.5, 0.6) is 0 Å². The standard InChI is InChI=1S/C19H29N5O4/c25-17(14-24-19(27)23-8-3-1-2-6-16(23)20-24)22-7-4-5-15(13-22)18(26)21-9-11-28-12-10-21/h15H,1-14H2. The number of carbonyl (C=O) groups excluding carboxylic acids is 2. The van der Waals surface area contributed by atoms with Gasteiger partial charge >= 0.3 is 5.69 Å². The minimum absolute atomic E-state index is 0.0443. The van der Waals surface area contributed by atoms with Crippen LogP contribution in [0.15, 0.2) is 4.79 Å². The molecular formula is C19H29N5O4. The Morgan fingerprint density at radius 1 is 1.00 bits per heavy atom. The second-order valence-electron chi connectivity index (χ2n) is 7.94. The van der Waals surface area contributed by atoms with Crippen molar-refractivity contribution in [3.8, 4) is 0 Å². The first-order valence-electron chi connectivity index (χ1n) is 10.4. The molecule has 0 spiro atoms. The first-order chi connectivity index (χ1) is 13.6. The lowest BCUT2D eigenvalue weighted by atomic mass is 9.96. The number of hydrogen-bond acceptors (Lipinski definition) is 5. The van der Waals surface area contributed by atoms with Gasteiger partial charge in [0.25, 0.3) is 0 Å². The molecule has 0 N–H and O–H groups in total. The third-order valence-corrected chi connectivity index (χ3v) is 6.01. The van der Waals surface area contributed by atoms with Crippen LogP contribution >= 0.6 is 0 Å². The van der Waals surface area contributed by atoms with E-state index in [4.69, 9.17) is 4.74 Å². The maximum Gasteiger partial charge on any atom is 0.346 e. The van der Waals surface area contributed by atoms with Crippen LogP contribution in [0.1, 0.15) is 37.9 Å². The number of likely N-dealkylation sites (tertiary alicyclic amines) is 1. The largest absolute Gasteiger partial charge is 0.378 e. The van der Waals surface area contributed by atoms with Gasteiger partial charge in [0.2, 0.25) is 11.8 Å². The van der Waals surface area contributed by atoms with E-state index in [2.05, 4.69) is 5.10 Å². The lowest BCUT2D eigenvalue weighted by Crippen LogP contribution is -2.50. The maximum atomic E-state index is 12.8. The Morgan fingerprint density at radius 3 is 2.64 bits per heavy atom. The molecule has 4 heterocycles. The van der Waals surface area contributed by atoms with E-state index >= 15 is 0 Å². The number of nitrogens with zero attached hydrogens (tertiary/aromatic N) is 5. The fourth-order valence-electron chi connectivity index (χ4n) is 4.40. The molecule has 9 heteroatoms. The molecule has 9 nitrogen and oxygen atoms in total. The first-order valence-corrected chi connectivity index (χ1v) is 10.4. The van der Waals surface area contributed by atoms with Crippen LogP contribution in [-0.2, 0) is 33.8 Å². The van der Waals surface area contributed by atoms with Gasteiger partial charge in [-0.1, -0.05) is 6.42 Å². The smallest absolute Gasteiger partial charge is 0.346 e. The monoisotopic (exact) mass is 391 g/mol. The molecule has 2 amide bonds. The van der Waals surface area contributed by atoms with E-state index in [1.807, 2.05) is 4.90 Å². The van der Waals surface area contributed by atoms with Gasteiger partial charge in [0.05, 0.1) is 19.1 Å². The molecule has 0 aliphatic carbocycles. The Morgan fingerprint density at radius 2 is 1.82 bits per heavy atom. The SMILES string of the molecule is O=C(Cn1nc2n(c1=O)CCCCC2)N1CCCC(C(=O)N2CCOCC2)C1. The number of fused-ring (bicyclic) bond motifs is 1. The molecule has 0 bridgehead atoms. The van der Waals surface area contributed by atoms with Gasteiger partial charge in [-0.3, -0.25) is 14.2 Å². The summed E-state index contributed by atoms with van der Waals surface area (Å²) < 4.78 is 8.33. The van der Waals surface area contributed by atoms with Crippen molar-refractivity contribution in [2.45, 2.75) is 51.6 Å². The van der Waals surface area contributed by atoms with Crippen LogP contribution < -0.4 is 5.69 Å². The molecule has 154 valence electrons. The van der Waals surface area contributed by atoms with Crippen molar-refractivity contribution in [2.75, 3.05) is 39.4 Å². The fraction of sp³-hybridized carbons (Fsp3) is 0.789. The van der Waals surface area contributed by atoms with E-state index in [0.717, 1.165) is 44.3 Å². The van der Waals surface area contributed by atoms with Gasteiger partial charge in [-0.05, 0) is 25.7 Å². The van der Waals surface area contributed by atoms with Crippen LogP contribution in [0.4, 0.5) is 0 Å². The summed E-state index contributed by atoms with van der Waals surface area (Å²) in [5, 5.41) is 4.40. The molecule has 1 unspecified atom stereocenters. The Kier molecular flexibility index (Phi) is 5.79. The number of amides is 2. The lowest BCUT2D eigenvalue weighted by Gasteiger charge is -2.36. The van der Waals surface area contributed by atoms with Crippen LogP contribution in [0.25, 0.3) is 0 Å². The first kappa shape index (κ1) is 19.2. The second kappa shape index (κ2) is 8.46. The highest BCUT2D eigenvalue weighted by molar-refractivity contribution is 5.81. The second-order valence-corrected chi connectivity index (χ2v) is 7.94. The molecular weight excluding hydrogens is 362 g/mol. The highest BCUT2D eigenvalue weighted by Gasteiger charge is 2.32. The highest BCUT2D eigenvalue weighted by Crippen LogP contribution is 2.20. The number of aryl methyl sites for hydroxylation is 1. The zero-order chi connectivity index (χ0) is 19.5. The fourth-order valence-corrected chi connectivity index (χ4v) is 4.40. The van der Waals surface area contributed by atoms with E-state index < -0.39 is 0 Å². The lowest BCUT2D eigenvalue weighted by molar-refractivity contribution is -0.144. The highest BCUT2D eigenvalue weighted by atomic mass is 16.5. The van der Waals surface area contributed by atoms with E-state index in [0.29, 0.717) is 45.9 Å². The number of hydrogen-bond donors (Lipinski definition) is 0. The van der Waals surface area contributed by atoms with E-state index in [-0.39, 0.29) is 30.0 Å². The predicted octanol–water partition coefficient (Wildman–Crippen LogP) is -0.131. The summed E-state index contributed by atoms with van der Waals surface area (Å²) in [5.41, 5.74) is -0.191. The van der Waals surface area contributed by atoms with Gasteiger partial charge in [0.1, 0.15) is 12.4 Å². The topological polar surface area (TPSA) is 89.7 Å². The number of morpholine rings is 1. The van der Waals surface area contributed by atoms with Crippen LogP contribution in [0.3, 0.4) is 0 Å². The van der Waals surface area contributed by atoms with Crippen molar-refractivity contribution in [2.24, 2.45) is 5.92 Å². The Balaban J connectivity index is 1.39. The summed E-state index contributed by atoms with van der Waals surface area (Å²) in [6, 6.07) is 0. The molecule has 1 aromatic rings. The summed E-state index contributed by atoms with van der Waals surface area (Å²) in [4.78, 5) is 41.7. The Hall–Kier alpha value is -2.16. The number of aromatic nitrogens is 3. The molecule has 0 aromatic carbocycles. The van der Waals surface area contributed by atoms with Gasteiger partial charge in [-0.25, -0.2) is 9.48 Å². The normalized spacial score (nSPS) is 23.2. The van der Waals surface area contributed by atoms with E-state index in [9.17, 15) is 14.4 Å². The van der Waals surface area contributed by atoms with Gasteiger partial charge in [0.15, 0.2) is 0 Å². The molecule has 0 radical (unpaired) electrons. The van der Waals surface area contributed by atoms with Gasteiger partial charge in [-0.15, -0.1) is 0 Å². The summed E-state index contributed by atoms with van der Waals surface area (Å²) in [5.74, 6) is 0.613. The number of ether oxygens (including phenoxy) is 1. The van der Waals surface area contributed by atoms with Crippen LogP contribution in [0, 0.1) is 5.92 Å². The Bertz CT molecular complexity index is 780. The predicted molar refractivity (Wildman–Crippen MR) is 101 cm³/mol. The number of rotatable bonds is 3. The molecule has 3 aliphatic heterocycles. The maximum absolute atomic E-state index is 12.8. The molecule has 28 heavy (non-hydrogen) atoms. The third-order valence-electron chi connectivity index (χ3n) is 6.01. The average Bonchev–Trinajstić information content (AvgIpc) is 2.89. The van der Waals surface area contributed by atoms with E-state index in [1.54, 1.807) is 9.47 Å². The van der Waals surface area contributed by atoms with Crippen molar-refractivity contribution in [3.05, 3.63) is 16.3 Å². The summed E-state index contributed by atoms with van der Waals surface area (Å²) in [6.45, 7) is 4.10. The van der Waals surface area contributed by atoms with Crippen LogP contribution in [0.2, 0.25) is 0 Å². The molecule has 3 aliphatic rings. The average molecular weight is 391 g/mol. The summed E-state index contributed by atoms with van der Waals surface area (Å²) in [7, 11) is 0. The summed E-state index contributed by atoms with van der Waals surface area (Å²) in [6.07, 6.45) is 5.51. The van der Waals surface area contributed by atoms with Gasteiger partial charge < -0.3 is 14.5 Å². The minimum Gasteiger partial charge on any atom is -0.378 e. The van der Waals surface area contributed by atoms with Gasteiger partial charge in [-0.2, -0.15) is 5.10 Å². The van der Waals surface area contributed by atoms with Gasteiger partial charge in [0, 0.05) is 39.1 Å². The van der Waals surface area contributed by atoms with Crippen molar-refractivity contribution in [1.29, 1.82) is 0 Å². The number of piperidine rings is 1.